The van der Waals surface area contributed by atoms with E-state index in [1.807, 2.05) is 6.92 Å². The number of anilines is 1. The number of aromatic amines is 1. The Labute approximate surface area is 140 Å². The van der Waals surface area contributed by atoms with Crippen LogP contribution in [0.1, 0.15) is 28.6 Å². The lowest BCUT2D eigenvalue weighted by atomic mass is 10.0. The number of morpholine rings is 1. The third kappa shape index (κ3) is 2.43. The Hall–Kier alpha value is -2.47. The van der Waals surface area contributed by atoms with Crippen molar-refractivity contribution in [1.82, 2.24) is 20.2 Å². The molecule has 1 aliphatic heterocycles. The number of benzene rings is 1. The van der Waals surface area contributed by atoms with Crippen molar-refractivity contribution in [2.24, 2.45) is 0 Å². The van der Waals surface area contributed by atoms with Crippen molar-refractivity contribution in [2.45, 2.75) is 26.8 Å². The summed E-state index contributed by atoms with van der Waals surface area (Å²) in [7, 11) is 0. The molecule has 2 aromatic heterocycles. The maximum atomic E-state index is 5.78. The largest absolute Gasteiger partial charge is 0.377 e. The molecule has 0 spiro atoms. The van der Waals surface area contributed by atoms with E-state index in [-0.39, 0.29) is 6.04 Å². The first-order valence-corrected chi connectivity index (χ1v) is 8.22. The molecule has 6 nitrogen and oxygen atoms in total. The van der Waals surface area contributed by atoms with Crippen LogP contribution in [0.25, 0.3) is 10.9 Å². The van der Waals surface area contributed by atoms with Crippen molar-refractivity contribution >= 4 is 16.7 Å². The highest BCUT2D eigenvalue weighted by Crippen LogP contribution is 2.34. The molecule has 1 unspecified atom stereocenters. The van der Waals surface area contributed by atoms with E-state index in [1.54, 1.807) is 6.33 Å². The molecule has 1 aromatic carbocycles. The summed E-state index contributed by atoms with van der Waals surface area (Å²) in [6.07, 6.45) is 1.65. The second-order valence-electron chi connectivity index (χ2n) is 6.35. The number of rotatable bonds is 2. The molecule has 1 aliphatic rings. The molecule has 3 aromatic rings. The second-order valence-corrected chi connectivity index (χ2v) is 6.35. The van der Waals surface area contributed by atoms with E-state index in [2.05, 4.69) is 57.1 Å². The van der Waals surface area contributed by atoms with Crippen molar-refractivity contribution in [3.8, 4) is 0 Å². The van der Waals surface area contributed by atoms with Crippen LogP contribution in [-0.4, -0.2) is 39.9 Å². The first-order valence-electron chi connectivity index (χ1n) is 8.22. The molecule has 24 heavy (non-hydrogen) atoms. The highest BCUT2D eigenvalue weighted by molar-refractivity contribution is 5.90. The molecule has 0 amide bonds. The lowest BCUT2D eigenvalue weighted by Crippen LogP contribution is -2.40. The Kier molecular flexibility index (Phi) is 3.69. The number of aromatic nitrogens is 4. The summed E-state index contributed by atoms with van der Waals surface area (Å²) in [6, 6.07) is 6.41. The summed E-state index contributed by atoms with van der Waals surface area (Å²) >= 11 is 0. The average molecular weight is 323 g/mol. The molecule has 0 bridgehead atoms. The molecule has 1 N–H and O–H groups in total. The number of aryl methyl sites for hydroxylation is 3. The summed E-state index contributed by atoms with van der Waals surface area (Å²) in [6.45, 7) is 8.33. The normalized spacial score (nSPS) is 18.3. The third-order valence-corrected chi connectivity index (χ3v) is 4.69. The van der Waals surface area contributed by atoms with Gasteiger partial charge in [0.2, 0.25) is 0 Å². The molecule has 0 aliphatic carbocycles. The van der Waals surface area contributed by atoms with Crippen LogP contribution in [0.5, 0.6) is 0 Å². The molecule has 1 saturated heterocycles. The van der Waals surface area contributed by atoms with E-state index in [4.69, 9.17) is 4.74 Å². The lowest BCUT2D eigenvalue weighted by Gasteiger charge is -2.37. The Morgan fingerprint density at radius 1 is 1.21 bits per heavy atom. The molecular weight excluding hydrogens is 302 g/mol. The lowest BCUT2D eigenvalue weighted by molar-refractivity contribution is 0.0935. The van der Waals surface area contributed by atoms with Gasteiger partial charge < -0.3 is 9.64 Å². The van der Waals surface area contributed by atoms with Crippen molar-refractivity contribution in [3.05, 3.63) is 47.0 Å². The van der Waals surface area contributed by atoms with Gasteiger partial charge in [-0.3, -0.25) is 5.10 Å². The molecule has 3 heterocycles. The molecule has 124 valence electrons. The number of fused-ring (bicyclic) bond motifs is 1. The number of ether oxygens (including phenoxy) is 1. The van der Waals surface area contributed by atoms with E-state index in [1.165, 1.54) is 11.1 Å². The van der Waals surface area contributed by atoms with E-state index < -0.39 is 0 Å². The predicted molar refractivity (Wildman–Crippen MR) is 93.2 cm³/mol. The van der Waals surface area contributed by atoms with Crippen molar-refractivity contribution in [3.63, 3.8) is 0 Å². The SMILES string of the molecule is Cc1ccc2ncnc(N3CCOCC3c3c(C)n[nH]c3C)c2c1. The number of hydrogen-bond donors (Lipinski definition) is 1. The molecule has 0 radical (unpaired) electrons. The highest BCUT2D eigenvalue weighted by atomic mass is 16.5. The molecule has 6 heteroatoms. The maximum Gasteiger partial charge on any atom is 0.140 e. The van der Waals surface area contributed by atoms with Gasteiger partial charge in [-0.2, -0.15) is 5.10 Å². The van der Waals surface area contributed by atoms with E-state index in [9.17, 15) is 0 Å². The minimum atomic E-state index is 0.108. The van der Waals surface area contributed by atoms with E-state index in [0.717, 1.165) is 34.7 Å². The van der Waals surface area contributed by atoms with Gasteiger partial charge >= 0.3 is 0 Å². The Morgan fingerprint density at radius 3 is 2.88 bits per heavy atom. The second kappa shape index (κ2) is 5.87. The molecule has 4 rings (SSSR count). The summed E-state index contributed by atoms with van der Waals surface area (Å²) < 4.78 is 5.78. The van der Waals surface area contributed by atoms with Crippen LogP contribution in [0.2, 0.25) is 0 Å². The van der Waals surface area contributed by atoms with Crippen LogP contribution in [0, 0.1) is 20.8 Å². The predicted octanol–water partition coefficient (Wildman–Crippen LogP) is 2.86. The molecular formula is C18H21N5O. The van der Waals surface area contributed by atoms with Crippen LogP contribution in [-0.2, 0) is 4.74 Å². The minimum absolute atomic E-state index is 0.108. The van der Waals surface area contributed by atoms with Gasteiger partial charge in [0.25, 0.3) is 0 Å². The van der Waals surface area contributed by atoms with Crippen LogP contribution in [0.15, 0.2) is 24.5 Å². The minimum Gasteiger partial charge on any atom is -0.377 e. The number of H-pyrrole nitrogens is 1. The van der Waals surface area contributed by atoms with Crippen molar-refractivity contribution in [1.29, 1.82) is 0 Å². The van der Waals surface area contributed by atoms with Gasteiger partial charge in [-0.05, 0) is 32.9 Å². The van der Waals surface area contributed by atoms with E-state index in [0.29, 0.717) is 13.2 Å². The quantitative estimate of drug-likeness (QED) is 0.785. The van der Waals surface area contributed by atoms with Crippen LogP contribution in [0.3, 0.4) is 0 Å². The Morgan fingerprint density at radius 2 is 2.08 bits per heavy atom. The van der Waals surface area contributed by atoms with E-state index >= 15 is 0 Å². The van der Waals surface area contributed by atoms with Gasteiger partial charge in [-0.1, -0.05) is 11.6 Å². The van der Waals surface area contributed by atoms with Gasteiger partial charge in [0, 0.05) is 23.2 Å². The zero-order valence-electron chi connectivity index (χ0n) is 14.2. The first kappa shape index (κ1) is 15.1. The molecule has 1 fully saturated rings. The standard InChI is InChI=1S/C18H21N5O/c1-11-4-5-15-14(8-11)18(20-10-19-15)23-6-7-24-9-16(23)17-12(2)21-22-13(17)3/h4-5,8,10,16H,6-7,9H2,1-3H3,(H,21,22). The number of nitrogens with one attached hydrogen (secondary N) is 1. The van der Waals surface area contributed by atoms with Crippen LogP contribution in [0.4, 0.5) is 5.82 Å². The van der Waals surface area contributed by atoms with Gasteiger partial charge in [-0.15, -0.1) is 0 Å². The maximum absolute atomic E-state index is 5.78. The summed E-state index contributed by atoms with van der Waals surface area (Å²) in [5, 5.41) is 8.53. The topological polar surface area (TPSA) is 66.9 Å². The Bertz CT molecular complexity index is 869. The van der Waals surface area contributed by atoms with Crippen LogP contribution >= 0.6 is 0 Å². The smallest absolute Gasteiger partial charge is 0.140 e. The summed E-state index contributed by atoms with van der Waals surface area (Å²) in [5.41, 5.74) is 5.48. The van der Waals surface area contributed by atoms with Crippen molar-refractivity contribution < 1.29 is 4.74 Å². The molecule has 0 saturated carbocycles. The fourth-order valence-corrected chi connectivity index (χ4v) is 3.53. The number of hydrogen-bond acceptors (Lipinski definition) is 5. The fourth-order valence-electron chi connectivity index (χ4n) is 3.53. The van der Waals surface area contributed by atoms with Crippen LogP contribution < -0.4 is 4.90 Å². The summed E-state index contributed by atoms with van der Waals surface area (Å²) in [4.78, 5) is 11.4. The zero-order valence-corrected chi connectivity index (χ0v) is 14.2. The van der Waals surface area contributed by atoms with Gasteiger partial charge in [0.15, 0.2) is 0 Å². The van der Waals surface area contributed by atoms with Gasteiger partial charge in [-0.25, -0.2) is 9.97 Å². The summed E-state index contributed by atoms with van der Waals surface area (Å²) in [5.74, 6) is 0.969. The number of nitrogens with zero attached hydrogens (tertiary/aromatic N) is 4. The monoisotopic (exact) mass is 323 g/mol. The average Bonchev–Trinajstić information content (AvgIpc) is 2.93. The third-order valence-electron chi connectivity index (χ3n) is 4.69. The highest BCUT2D eigenvalue weighted by Gasteiger charge is 2.30. The molecule has 1 atom stereocenters. The van der Waals surface area contributed by atoms with Gasteiger partial charge in [0.05, 0.1) is 30.5 Å². The van der Waals surface area contributed by atoms with Gasteiger partial charge in [0.1, 0.15) is 12.1 Å². The zero-order chi connectivity index (χ0) is 16.7. The first-order chi connectivity index (χ1) is 11.6. The Balaban J connectivity index is 1.86. The van der Waals surface area contributed by atoms with Crippen molar-refractivity contribution in [2.75, 3.05) is 24.7 Å². The fraction of sp³-hybridized carbons (Fsp3) is 0.389.